The van der Waals surface area contributed by atoms with Crippen molar-refractivity contribution in [3.63, 3.8) is 0 Å². The molecule has 0 radical (unpaired) electrons. The van der Waals surface area contributed by atoms with E-state index < -0.39 is 5.24 Å². The second kappa shape index (κ2) is 2.91. The highest BCUT2D eigenvalue weighted by molar-refractivity contribution is 7.15. The van der Waals surface area contributed by atoms with Crippen LogP contribution in [0.3, 0.4) is 0 Å². The van der Waals surface area contributed by atoms with Crippen molar-refractivity contribution < 1.29 is 4.79 Å². The second-order valence-corrected chi connectivity index (χ2v) is 3.67. The molecule has 1 aromatic rings. The van der Waals surface area contributed by atoms with E-state index in [0.29, 0.717) is 9.90 Å². The van der Waals surface area contributed by atoms with Crippen LogP contribution >= 0.6 is 34.5 Å². The Bertz CT molecular complexity index is 247. The summed E-state index contributed by atoms with van der Waals surface area (Å²) in [5, 5.41) is 1.32. The Balaban J connectivity index is 3.23. The highest BCUT2D eigenvalue weighted by Gasteiger charge is 2.11. The fourth-order valence-corrected chi connectivity index (χ4v) is 2.13. The molecule has 54 valence electrons. The third-order valence-electron chi connectivity index (χ3n) is 1.13. The maximum Gasteiger partial charge on any atom is 0.255 e. The summed E-state index contributed by atoms with van der Waals surface area (Å²) in [4.78, 5) is 10.6. The maximum absolute atomic E-state index is 10.6. The minimum Gasteiger partial charge on any atom is -0.276 e. The summed E-state index contributed by atoms with van der Waals surface area (Å²) in [5.41, 5.74) is 1.28. The first kappa shape index (κ1) is 8.05. The van der Waals surface area contributed by atoms with Crippen LogP contribution in [0.4, 0.5) is 0 Å². The summed E-state index contributed by atoms with van der Waals surface area (Å²) in [6.45, 7) is 1.80. The molecule has 1 rings (SSSR count). The summed E-state index contributed by atoms with van der Waals surface area (Å²) in [7, 11) is 0. The summed E-state index contributed by atoms with van der Waals surface area (Å²) in [6, 6.07) is 0. The first-order chi connectivity index (χ1) is 4.63. The third kappa shape index (κ3) is 1.34. The molecular weight excluding hydrogens is 191 g/mol. The Morgan fingerprint density at radius 1 is 1.70 bits per heavy atom. The predicted molar refractivity (Wildman–Crippen MR) is 44.2 cm³/mol. The van der Waals surface area contributed by atoms with E-state index in [1.54, 1.807) is 12.3 Å². The first-order valence-electron chi connectivity index (χ1n) is 2.56. The van der Waals surface area contributed by atoms with Gasteiger partial charge in [0.05, 0.1) is 5.56 Å². The number of carbonyl (C=O) groups excluding carboxylic acids is 1. The molecule has 1 nitrogen and oxygen atoms in total. The molecule has 0 saturated carbocycles. The molecule has 4 heteroatoms. The molecule has 0 aliphatic rings. The zero-order valence-corrected chi connectivity index (χ0v) is 7.48. The molecule has 1 heterocycles. The fraction of sp³-hybridized carbons (Fsp3) is 0.167. The molecule has 0 N–H and O–H groups in total. The number of carbonyl (C=O) groups is 1. The van der Waals surface area contributed by atoms with E-state index in [1.807, 2.05) is 0 Å². The van der Waals surface area contributed by atoms with E-state index in [1.165, 1.54) is 11.3 Å². The molecule has 1 aromatic heterocycles. The van der Waals surface area contributed by atoms with Crippen molar-refractivity contribution in [3.05, 3.63) is 20.8 Å². The minimum absolute atomic E-state index is 0.438. The van der Waals surface area contributed by atoms with E-state index in [0.717, 1.165) is 5.56 Å². The number of halogens is 2. The first-order valence-corrected chi connectivity index (χ1v) is 4.20. The summed E-state index contributed by atoms with van der Waals surface area (Å²) in [5.74, 6) is 0. The van der Waals surface area contributed by atoms with E-state index in [-0.39, 0.29) is 0 Å². The smallest absolute Gasteiger partial charge is 0.255 e. The quantitative estimate of drug-likeness (QED) is 0.629. The fourth-order valence-electron chi connectivity index (χ4n) is 0.645. The van der Waals surface area contributed by atoms with Crippen molar-refractivity contribution in [2.45, 2.75) is 6.92 Å². The van der Waals surface area contributed by atoms with Gasteiger partial charge < -0.3 is 0 Å². The Kier molecular flexibility index (Phi) is 2.34. The van der Waals surface area contributed by atoms with Gasteiger partial charge in [0.15, 0.2) is 0 Å². The average molecular weight is 195 g/mol. The van der Waals surface area contributed by atoms with Gasteiger partial charge in [-0.05, 0) is 29.5 Å². The van der Waals surface area contributed by atoms with Crippen molar-refractivity contribution in [2.24, 2.45) is 0 Å². The molecule has 0 aliphatic carbocycles. The molecule has 0 spiro atoms. The highest BCUT2D eigenvalue weighted by atomic mass is 35.5. The predicted octanol–water partition coefficient (Wildman–Crippen LogP) is 3.09. The van der Waals surface area contributed by atoms with Crippen molar-refractivity contribution in [1.29, 1.82) is 0 Å². The number of hydrogen-bond acceptors (Lipinski definition) is 2. The maximum atomic E-state index is 10.6. The zero-order valence-electron chi connectivity index (χ0n) is 5.15. The second-order valence-electron chi connectivity index (χ2n) is 1.84. The average Bonchev–Trinajstić information content (AvgIpc) is 2.11. The van der Waals surface area contributed by atoms with Crippen LogP contribution < -0.4 is 0 Å². The van der Waals surface area contributed by atoms with Crippen molar-refractivity contribution >= 4 is 39.8 Å². The number of rotatable bonds is 1. The normalized spacial score (nSPS) is 9.90. The molecule has 10 heavy (non-hydrogen) atoms. The van der Waals surface area contributed by atoms with Crippen LogP contribution in [0.25, 0.3) is 0 Å². The van der Waals surface area contributed by atoms with E-state index >= 15 is 0 Å². The Labute approximate surface area is 72.6 Å². The van der Waals surface area contributed by atoms with Gasteiger partial charge in [-0.25, -0.2) is 0 Å². The summed E-state index contributed by atoms with van der Waals surface area (Å²) < 4.78 is 0.470. The molecule has 0 aromatic carbocycles. The van der Waals surface area contributed by atoms with Gasteiger partial charge in [0.25, 0.3) is 5.24 Å². The van der Waals surface area contributed by atoms with Crippen LogP contribution in [0, 0.1) is 6.92 Å². The van der Waals surface area contributed by atoms with Crippen LogP contribution in [0.15, 0.2) is 5.38 Å². The lowest BCUT2D eigenvalue weighted by atomic mass is 10.2. The van der Waals surface area contributed by atoms with E-state index in [9.17, 15) is 4.79 Å². The SMILES string of the molecule is Cc1csc(Cl)c1C(=O)Cl. The highest BCUT2D eigenvalue weighted by Crippen LogP contribution is 2.28. The van der Waals surface area contributed by atoms with E-state index in [2.05, 4.69) is 0 Å². The topological polar surface area (TPSA) is 17.1 Å². The van der Waals surface area contributed by atoms with Crippen LogP contribution in [-0.2, 0) is 0 Å². The Morgan fingerprint density at radius 2 is 2.30 bits per heavy atom. The van der Waals surface area contributed by atoms with E-state index in [4.69, 9.17) is 23.2 Å². The molecule has 0 fully saturated rings. The Morgan fingerprint density at radius 3 is 2.50 bits per heavy atom. The minimum atomic E-state index is -0.483. The molecule has 0 amide bonds. The van der Waals surface area contributed by atoms with Gasteiger partial charge in [-0.2, -0.15) is 0 Å². The van der Waals surface area contributed by atoms with Gasteiger partial charge in [0.1, 0.15) is 4.34 Å². The summed E-state index contributed by atoms with van der Waals surface area (Å²) in [6.07, 6.45) is 0. The molecule has 0 unspecified atom stereocenters. The number of hydrogen-bond donors (Lipinski definition) is 0. The van der Waals surface area contributed by atoms with Crippen LogP contribution in [-0.4, -0.2) is 5.24 Å². The summed E-state index contributed by atoms with van der Waals surface area (Å²) >= 11 is 12.2. The molecule has 0 saturated heterocycles. The third-order valence-corrected chi connectivity index (χ3v) is 2.65. The van der Waals surface area contributed by atoms with Gasteiger partial charge in [-0.3, -0.25) is 4.79 Å². The van der Waals surface area contributed by atoms with Crippen LogP contribution in [0.1, 0.15) is 15.9 Å². The van der Waals surface area contributed by atoms with Gasteiger partial charge in [-0.15, -0.1) is 11.3 Å². The number of aryl methyl sites for hydroxylation is 1. The monoisotopic (exact) mass is 194 g/mol. The largest absolute Gasteiger partial charge is 0.276 e. The lowest BCUT2D eigenvalue weighted by molar-refractivity contribution is 0.108. The molecule has 0 aliphatic heterocycles. The van der Waals surface area contributed by atoms with Crippen LogP contribution in [0.2, 0.25) is 4.34 Å². The standard InChI is InChI=1S/C6H4Cl2OS/c1-3-2-10-6(8)4(3)5(7)9/h2H,1H3. The van der Waals surface area contributed by atoms with Gasteiger partial charge in [-0.1, -0.05) is 11.6 Å². The van der Waals surface area contributed by atoms with Crippen molar-refractivity contribution in [2.75, 3.05) is 0 Å². The lowest BCUT2D eigenvalue weighted by Crippen LogP contribution is -1.88. The number of thiophene rings is 1. The molecule has 0 bridgehead atoms. The van der Waals surface area contributed by atoms with Crippen molar-refractivity contribution in [3.8, 4) is 0 Å². The van der Waals surface area contributed by atoms with Gasteiger partial charge in [0, 0.05) is 0 Å². The zero-order chi connectivity index (χ0) is 7.72. The molecule has 0 atom stereocenters. The Hall–Kier alpha value is -0.0500. The van der Waals surface area contributed by atoms with Crippen LogP contribution in [0.5, 0.6) is 0 Å². The lowest BCUT2D eigenvalue weighted by Gasteiger charge is -1.89. The van der Waals surface area contributed by atoms with Gasteiger partial charge in [0.2, 0.25) is 0 Å². The molecular formula is C6H4Cl2OS. The van der Waals surface area contributed by atoms with Crippen molar-refractivity contribution in [1.82, 2.24) is 0 Å². The van der Waals surface area contributed by atoms with Gasteiger partial charge >= 0.3 is 0 Å².